The Kier molecular flexibility index (Phi) is 4.87. The molecule has 2 aliphatic heterocycles. The van der Waals surface area contributed by atoms with Crippen LogP contribution < -0.4 is 10.2 Å². The van der Waals surface area contributed by atoms with Gasteiger partial charge in [0.25, 0.3) is 5.91 Å². The van der Waals surface area contributed by atoms with Crippen LogP contribution in [0.1, 0.15) is 25.0 Å². The van der Waals surface area contributed by atoms with Crippen LogP contribution in [0.15, 0.2) is 59.7 Å². The van der Waals surface area contributed by atoms with E-state index in [4.69, 9.17) is 0 Å². The number of nitrogens with zero attached hydrogens (tertiary/aromatic N) is 3. The zero-order valence-electron chi connectivity index (χ0n) is 16.1. The van der Waals surface area contributed by atoms with Gasteiger partial charge in [0.05, 0.1) is 5.69 Å². The van der Waals surface area contributed by atoms with Crippen molar-refractivity contribution in [2.45, 2.75) is 25.1 Å². The highest BCUT2D eigenvalue weighted by Crippen LogP contribution is 2.54. The Morgan fingerprint density at radius 3 is 2.45 bits per heavy atom. The lowest BCUT2D eigenvalue weighted by molar-refractivity contribution is -0.139. The lowest BCUT2D eigenvalue weighted by Gasteiger charge is -2.29. The molecule has 0 aliphatic carbocycles. The van der Waals surface area contributed by atoms with Crippen molar-refractivity contribution < 1.29 is 14.4 Å². The van der Waals surface area contributed by atoms with E-state index in [1.54, 1.807) is 4.90 Å². The van der Waals surface area contributed by atoms with Crippen LogP contribution in [0, 0.1) is 0 Å². The maximum absolute atomic E-state index is 13.7. The normalized spacial score (nSPS) is 20.1. The van der Waals surface area contributed by atoms with Crippen molar-refractivity contribution in [3.8, 4) is 0 Å². The Morgan fingerprint density at radius 2 is 1.76 bits per heavy atom. The van der Waals surface area contributed by atoms with Crippen molar-refractivity contribution >= 4 is 40.3 Å². The van der Waals surface area contributed by atoms with Gasteiger partial charge in [0, 0.05) is 26.0 Å². The summed E-state index contributed by atoms with van der Waals surface area (Å²) in [4.78, 5) is 38.0. The first kappa shape index (κ1) is 19.2. The Balaban J connectivity index is 1.72. The number of benzene rings is 2. The molecule has 148 valence electrons. The van der Waals surface area contributed by atoms with Crippen LogP contribution in [0.25, 0.3) is 0 Å². The summed E-state index contributed by atoms with van der Waals surface area (Å²) in [6.07, 6.45) is 0.682. The molecule has 1 spiro atoms. The molecule has 0 bridgehead atoms. The molecule has 2 aliphatic rings. The van der Waals surface area contributed by atoms with E-state index in [2.05, 4.69) is 10.4 Å². The molecule has 0 aromatic heterocycles. The van der Waals surface area contributed by atoms with Gasteiger partial charge in [-0.1, -0.05) is 48.5 Å². The number of amides is 3. The Morgan fingerprint density at radius 1 is 1.07 bits per heavy atom. The number of thioether (sulfide) groups is 1. The highest BCUT2D eigenvalue weighted by molar-refractivity contribution is 8.15. The number of amidine groups is 1. The van der Waals surface area contributed by atoms with Gasteiger partial charge in [-0.05, 0) is 29.8 Å². The van der Waals surface area contributed by atoms with Crippen LogP contribution in [0.3, 0.4) is 0 Å². The van der Waals surface area contributed by atoms with Gasteiger partial charge in [0.15, 0.2) is 5.17 Å². The molecular formula is C21H20N4O3S. The summed E-state index contributed by atoms with van der Waals surface area (Å²) in [7, 11) is 0. The van der Waals surface area contributed by atoms with Gasteiger partial charge in [0.1, 0.15) is 0 Å². The third-order valence-electron chi connectivity index (χ3n) is 4.88. The first-order valence-corrected chi connectivity index (χ1v) is 10.1. The lowest BCUT2D eigenvalue weighted by Crippen LogP contribution is -2.48. The second-order valence-corrected chi connectivity index (χ2v) is 8.05. The van der Waals surface area contributed by atoms with E-state index in [9.17, 15) is 14.4 Å². The molecule has 1 N–H and O–H groups in total. The van der Waals surface area contributed by atoms with Gasteiger partial charge in [-0.3, -0.25) is 14.4 Å². The number of hydrazone groups is 1. The van der Waals surface area contributed by atoms with Gasteiger partial charge >= 0.3 is 0 Å². The molecule has 1 atom stereocenters. The first-order chi connectivity index (χ1) is 13.9. The fourth-order valence-electron chi connectivity index (χ4n) is 3.67. The van der Waals surface area contributed by atoms with Crippen LogP contribution in [-0.2, 0) is 25.7 Å². The van der Waals surface area contributed by atoms with E-state index in [1.807, 2.05) is 54.6 Å². The Bertz CT molecular complexity index is 1020. The lowest BCUT2D eigenvalue weighted by atomic mass is 10.1. The summed E-state index contributed by atoms with van der Waals surface area (Å²) in [5, 5.41) is 8.28. The summed E-state index contributed by atoms with van der Waals surface area (Å²) in [6, 6.07) is 17.3. The quantitative estimate of drug-likeness (QED) is 0.846. The van der Waals surface area contributed by atoms with Crippen LogP contribution in [0.4, 0.5) is 5.69 Å². The Hall–Kier alpha value is -3.13. The van der Waals surface area contributed by atoms with Gasteiger partial charge in [-0.15, -0.1) is 5.10 Å². The van der Waals surface area contributed by atoms with Gasteiger partial charge < -0.3 is 10.2 Å². The maximum atomic E-state index is 13.7. The van der Waals surface area contributed by atoms with Crippen molar-refractivity contribution in [2.24, 2.45) is 5.10 Å². The minimum atomic E-state index is -1.34. The minimum absolute atomic E-state index is 0.237. The van der Waals surface area contributed by atoms with Crippen LogP contribution in [-0.4, -0.2) is 34.4 Å². The summed E-state index contributed by atoms with van der Waals surface area (Å²) < 4.78 is 0. The van der Waals surface area contributed by atoms with E-state index < -0.39 is 4.87 Å². The monoisotopic (exact) mass is 408 g/mol. The van der Waals surface area contributed by atoms with Crippen LogP contribution >= 0.6 is 11.8 Å². The molecule has 4 rings (SSSR count). The molecule has 2 aromatic rings. The van der Waals surface area contributed by atoms with Crippen LogP contribution in [0.5, 0.6) is 0 Å². The average Bonchev–Trinajstić information content (AvgIpc) is 3.18. The van der Waals surface area contributed by atoms with Gasteiger partial charge in [0.2, 0.25) is 16.7 Å². The van der Waals surface area contributed by atoms with E-state index in [0.717, 1.165) is 23.0 Å². The number of hydrogen-bond acceptors (Lipinski definition) is 5. The molecular weight excluding hydrogens is 388 g/mol. The second kappa shape index (κ2) is 7.36. The number of fused-ring (bicyclic) bond motifs is 2. The molecule has 0 fully saturated rings. The minimum Gasteiger partial charge on any atom is -0.308 e. The van der Waals surface area contributed by atoms with Crippen molar-refractivity contribution in [2.75, 3.05) is 11.4 Å². The van der Waals surface area contributed by atoms with Gasteiger partial charge in [-0.2, -0.15) is 5.01 Å². The fraction of sp³-hybridized carbons (Fsp3) is 0.238. The van der Waals surface area contributed by atoms with E-state index >= 15 is 0 Å². The number of hydrogen-bond donors (Lipinski definition) is 1. The number of nitrogens with one attached hydrogen (secondary N) is 1. The van der Waals surface area contributed by atoms with Crippen molar-refractivity contribution in [3.05, 3.63) is 65.7 Å². The number of carbonyl (C=O) groups excluding carboxylic acids is 3. The second-order valence-electron chi connectivity index (χ2n) is 6.87. The van der Waals surface area contributed by atoms with Gasteiger partial charge in [-0.25, -0.2) is 0 Å². The number of anilines is 1. The summed E-state index contributed by atoms with van der Waals surface area (Å²) in [5.41, 5.74) is 2.57. The summed E-state index contributed by atoms with van der Waals surface area (Å²) in [5.74, 6) is -0.915. The third-order valence-corrected chi connectivity index (χ3v) is 6.12. The molecule has 8 heteroatoms. The Labute approximate surface area is 172 Å². The van der Waals surface area contributed by atoms with E-state index in [1.165, 1.54) is 18.9 Å². The standard InChI is InChI=1S/C21H20N4O3S/c1-14(26)22-20-23-25(15(2)27)21(29-20)17-10-6-7-11-18(17)24(19(21)28)13-12-16-8-4-3-5-9-16/h3-11H,12-13H2,1-2H3,(H,22,23,26)/t21-/m0/s1. The highest BCUT2D eigenvalue weighted by Gasteiger charge is 2.60. The van der Waals surface area contributed by atoms with Crippen molar-refractivity contribution in [1.29, 1.82) is 0 Å². The molecule has 7 nitrogen and oxygen atoms in total. The predicted octanol–water partition coefficient (Wildman–Crippen LogP) is 2.43. The van der Waals surface area contributed by atoms with Crippen molar-refractivity contribution in [1.82, 2.24) is 10.3 Å². The molecule has 3 amide bonds. The zero-order chi connectivity index (χ0) is 20.6. The van der Waals surface area contributed by atoms with E-state index in [0.29, 0.717) is 18.5 Å². The average molecular weight is 408 g/mol. The molecule has 0 saturated heterocycles. The zero-order valence-corrected chi connectivity index (χ0v) is 16.9. The number of carbonyl (C=O) groups is 3. The number of rotatable bonds is 3. The maximum Gasteiger partial charge on any atom is 0.270 e. The highest BCUT2D eigenvalue weighted by atomic mass is 32.2. The molecule has 29 heavy (non-hydrogen) atoms. The molecule has 2 aromatic carbocycles. The topological polar surface area (TPSA) is 82.1 Å². The third kappa shape index (κ3) is 3.19. The first-order valence-electron chi connectivity index (χ1n) is 9.25. The van der Waals surface area contributed by atoms with E-state index in [-0.39, 0.29) is 22.9 Å². The SMILES string of the molecule is CC(=O)NC1=NN(C(C)=O)[C@@]2(S1)C(=O)N(CCc1ccccc1)c1ccccc12. The molecule has 0 unspecified atom stereocenters. The largest absolute Gasteiger partial charge is 0.308 e. The summed E-state index contributed by atoms with van der Waals surface area (Å²) in [6.45, 7) is 3.21. The fourth-order valence-corrected chi connectivity index (χ4v) is 5.00. The summed E-state index contributed by atoms with van der Waals surface area (Å²) >= 11 is 1.09. The smallest absolute Gasteiger partial charge is 0.270 e. The number of para-hydroxylation sites is 1. The molecule has 0 saturated carbocycles. The van der Waals surface area contributed by atoms with Crippen LogP contribution in [0.2, 0.25) is 0 Å². The molecule has 0 radical (unpaired) electrons. The predicted molar refractivity (Wildman–Crippen MR) is 112 cm³/mol. The molecule has 2 heterocycles. The van der Waals surface area contributed by atoms with Crippen molar-refractivity contribution in [3.63, 3.8) is 0 Å².